The van der Waals surface area contributed by atoms with Crippen LogP contribution < -0.4 is 10.2 Å². The number of hydrogen-bond donors (Lipinski definition) is 1. The molecule has 2 aromatic carbocycles. The Hall–Kier alpha value is -2.70. The molecule has 7 heteroatoms. The van der Waals surface area contributed by atoms with Gasteiger partial charge in [0, 0.05) is 42.5 Å². The van der Waals surface area contributed by atoms with Gasteiger partial charge in [0.15, 0.2) is 0 Å². The molecule has 1 atom stereocenters. The van der Waals surface area contributed by atoms with Crippen LogP contribution in [0.3, 0.4) is 0 Å². The number of halogens is 1. The normalized spacial score (nSPS) is 23.0. The standard InChI is InChI=1S/C30H33ClN4OS/c1-35(2)28-21-7-3-5-9-23(21)33-25(34-28)12-11-20-17-30(20)15-13-19(14-16-30)18-32-29(36)27-26(31)22-8-4-6-10-24(22)37-27/h3-10,19-20H,11-18H2,1-2H3,(H,32,36). The maximum Gasteiger partial charge on any atom is 0.262 e. The monoisotopic (exact) mass is 532 g/mol. The van der Waals surface area contributed by atoms with Gasteiger partial charge in [-0.1, -0.05) is 41.9 Å². The van der Waals surface area contributed by atoms with Crippen molar-refractivity contribution in [2.45, 2.75) is 44.9 Å². The van der Waals surface area contributed by atoms with Gasteiger partial charge in [-0.15, -0.1) is 11.3 Å². The molecule has 1 spiro atoms. The van der Waals surface area contributed by atoms with Gasteiger partial charge in [0.1, 0.15) is 16.5 Å². The Balaban J connectivity index is 1.01. The van der Waals surface area contributed by atoms with Crippen LogP contribution in [0.4, 0.5) is 5.82 Å². The van der Waals surface area contributed by atoms with E-state index in [1.165, 1.54) is 43.4 Å². The third kappa shape index (κ3) is 4.82. The van der Waals surface area contributed by atoms with Crippen molar-refractivity contribution < 1.29 is 4.79 Å². The number of para-hydroxylation sites is 1. The first-order chi connectivity index (χ1) is 17.9. The third-order valence-corrected chi connectivity index (χ3v) is 10.2. The topological polar surface area (TPSA) is 58.1 Å². The Bertz CT molecular complexity index is 1460. The molecule has 1 N–H and O–H groups in total. The average molecular weight is 533 g/mol. The molecule has 1 amide bonds. The molecule has 0 saturated heterocycles. The first-order valence-corrected chi connectivity index (χ1v) is 14.5. The second-order valence-corrected chi connectivity index (χ2v) is 12.5. The maximum absolute atomic E-state index is 12.8. The van der Waals surface area contributed by atoms with Crippen molar-refractivity contribution in [2.24, 2.45) is 17.3 Å². The van der Waals surface area contributed by atoms with Crippen molar-refractivity contribution in [2.75, 3.05) is 25.5 Å². The van der Waals surface area contributed by atoms with E-state index in [0.29, 0.717) is 21.2 Å². The van der Waals surface area contributed by atoms with Crippen molar-refractivity contribution in [1.82, 2.24) is 15.3 Å². The molecule has 5 nitrogen and oxygen atoms in total. The predicted octanol–water partition coefficient (Wildman–Crippen LogP) is 7.12. The quantitative estimate of drug-likeness (QED) is 0.275. The molecule has 2 heterocycles. The molecule has 0 bridgehead atoms. The van der Waals surface area contributed by atoms with Gasteiger partial charge in [-0.05, 0) is 74.0 Å². The van der Waals surface area contributed by atoms with Crippen LogP contribution in [-0.4, -0.2) is 36.5 Å². The fourth-order valence-electron chi connectivity index (χ4n) is 6.25. The number of nitrogens with zero attached hydrogens (tertiary/aromatic N) is 3. The molecule has 2 fully saturated rings. The molecule has 192 valence electrons. The number of aryl methyl sites for hydroxylation is 1. The van der Waals surface area contributed by atoms with Gasteiger partial charge in [-0.3, -0.25) is 4.79 Å². The van der Waals surface area contributed by atoms with Crippen LogP contribution in [0.2, 0.25) is 5.02 Å². The summed E-state index contributed by atoms with van der Waals surface area (Å²) in [6.45, 7) is 0.738. The Morgan fingerprint density at radius 3 is 2.57 bits per heavy atom. The lowest BCUT2D eigenvalue weighted by Gasteiger charge is -2.29. The summed E-state index contributed by atoms with van der Waals surface area (Å²) >= 11 is 7.98. The van der Waals surface area contributed by atoms with Crippen molar-refractivity contribution in [3.8, 4) is 0 Å². The molecule has 0 radical (unpaired) electrons. The summed E-state index contributed by atoms with van der Waals surface area (Å²) in [4.78, 5) is 25.3. The number of carbonyl (C=O) groups excluding carboxylic acids is 1. The Kier molecular flexibility index (Phi) is 6.58. The van der Waals surface area contributed by atoms with E-state index in [9.17, 15) is 4.79 Å². The molecule has 37 heavy (non-hydrogen) atoms. The van der Waals surface area contributed by atoms with Crippen molar-refractivity contribution in [3.63, 3.8) is 0 Å². The van der Waals surface area contributed by atoms with E-state index < -0.39 is 0 Å². The third-order valence-electron chi connectivity index (χ3n) is 8.52. The van der Waals surface area contributed by atoms with Gasteiger partial charge in [0.25, 0.3) is 5.91 Å². The van der Waals surface area contributed by atoms with Crippen LogP contribution >= 0.6 is 22.9 Å². The highest BCUT2D eigenvalue weighted by Gasteiger charge is 2.54. The van der Waals surface area contributed by atoms with E-state index in [-0.39, 0.29) is 5.91 Å². The number of amides is 1. The smallest absolute Gasteiger partial charge is 0.262 e. The van der Waals surface area contributed by atoms with Gasteiger partial charge in [0.2, 0.25) is 0 Å². The number of fused-ring (bicyclic) bond motifs is 2. The molecule has 2 aliphatic carbocycles. The lowest BCUT2D eigenvalue weighted by Crippen LogP contribution is -2.31. The summed E-state index contributed by atoms with van der Waals surface area (Å²) in [5.74, 6) is 3.25. The minimum atomic E-state index is -0.0386. The lowest BCUT2D eigenvalue weighted by atomic mass is 9.78. The van der Waals surface area contributed by atoms with Gasteiger partial charge >= 0.3 is 0 Å². The number of nitrogens with one attached hydrogen (secondary N) is 1. The highest BCUT2D eigenvalue weighted by molar-refractivity contribution is 7.21. The van der Waals surface area contributed by atoms with Crippen molar-refractivity contribution in [3.05, 3.63) is 64.3 Å². The molecule has 2 saturated carbocycles. The number of rotatable bonds is 7. The number of aromatic nitrogens is 2. The average Bonchev–Trinajstić information content (AvgIpc) is 3.48. The Morgan fingerprint density at radius 1 is 1.08 bits per heavy atom. The minimum Gasteiger partial charge on any atom is -0.362 e. The molecule has 0 aliphatic heterocycles. The summed E-state index contributed by atoms with van der Waals surface area (Å²) in [6, 6.07) is 16.2. The first kappa shape index (κ1) is 24.6. The second kappa shape index (κ2) is 9.88. The first-order valence-electron chi connectivity index (χ1n) is 13.3. The Labute approximate surface area is 227 Å². The second-order valence-electron chi connectivity index (χ2n) is 11.1. The minimum absolute atomic E-state index is 0.0386. The van der Waals surface area contributed by atoms with E-state index in [4.69, 9.17) is 21.6 Å². The molecular weight excluding hydrogens is 500 g/mol. The fraction of sp³-hybridized carbons (Fsp3) is 0.433. The van der Waals surface area contributed by atoms with E-state index in [1.54, 1.807) is 0 Å². The number of carbonyl (C=O) groups is 1. The number of benzene rings is 2. The van der Waals surface area contributed by atoms with Crippen LogP contribution in [0.25, 0.3) is 21.0 Å². The van der Waals surface area contributed by atoms with E-state index in [1.807, 2.05) is 50.5 Å². The maximum atomic E-state index is 12.8. The highest BCUT2D eigenvalue weighted by atomic mass is 35.5. The van der Waals surface area contributed by atoms with Crippen LogP contribution in [0.5, 0.6) is 0 Å². The van der Waals surface area contributed by atoms with Gasteiger partial charge in [-0.2, -0.15) is 0 Å². The van der Waals surface area contributed by atoms with E-state index >= 15 is 0 Å². The van der Waals surface area contributed by atoms with Crippen LogP contribution in [0, 0.1) is 17.3 Å². The van der Waals surface area contributed by atoms with Crippen LogP contribution in [0.15, 0.2) is 48.5 Å². The molecule has 6 rings (SSSR count). The van der Waals surface area contributed by atoms with Crippen molar-refractivity contribution >= 4 is 55.7 Å². The van der Waals surface area contributed by atoms with Gasteiger partial charge in [-0.25, -0.2) is 9.97 Å². The summed E-state index contributed by atoms with van der Waals surface area (Å²) in [6.07, 6.45) is 8.34. The number of hydrogen-bond acceptors (Lipinski definition) is 5. The zero-order valence-electron chi connectivity index (χ0n) is 21.5. The van der Waals surface area contributed by atoms with E-state index in [0.717, 1.165) is 57.9 Å². The fourth-order valence-corrected chi connectivity index (χ4v) is 7.68. The zero-order chi connectivity index (χ0) is 25.6. The molecule has 1 unspecified atom stereocenters. The van der Waals surface area contributed by atoms with Gasteiger partial charge in [0.05, 0.1) is 10.5 Å². The summed E-state index contributed by atoms with van der Waals surface area (Å²) in [7, 11) is 4.10. The number of anilines is 1. The zero-order valence-corrected chi connectivity index (χ0v) is 23.0. The molecule has 2 aromatic heterocycles. The summed E-state index contributed by atoms with van der Waals surface area (Å²) in [5, 5.41) is 5.82. The van der Waals surface area contributed by atoms with Crippen molar-refractivity contribution in [1.29, 1.82) is 0 Å². The van der Waals surface area contributed by atoms with Crippen LogP contribution in [-0.2, 0) is 6.42 Å². The largest absolute Gasteiger partial charge is 0.362 e. The van der Waals surface area contributed by atoms with E-state index in [2.05, 4.69) is 22.3 Å². The molecule has 2 aliphatic rings. The lowest BCUT2D eigenvalue weighted by molar-refractivity contribution is 0.0944. The summed E-state index contributed by atoms with van der Waals surface area (Å²) in [5.41, 5.74) is 1.54. The predicted molar refractivity (Wildman–Crippen MR) is 154 cm³/mol. The highest BCUT2D eigenvalue weighted by Crippen LogP contribution is 2.63. The number of thiophene rings is 1. The van der Waals surface area contributed by atoms with Gasteiger partial charge < -0.3 is 10.2 Å². The Morgan fingerprint density at radius 2 is 1.81 bits per heavy atom. The summed E-state index contributed by atoms with van der Waals surface area (Å²) < 4.78 is 1.06. The molecule has 4 aromatic rings. The van der Waals surface area contributed by atoms with Crippen LogP contribution in [0.1, 0.15) is 54.0 Å². The molecular formula is C30H33ClN4OS. The SMILES string of the molecule is CN(C)c1nc(CCC2CC23CCC(CNC(=O)c2sc4ccccc4c2Cl)CC3)nc2ccccc12.